The van der Waals surface area contributed by atoms with Gasteiger partial charge in [-0.1, -0.05) is 5.22 Å². The maximum Gasteiger partial charge on any atom is 0.256 e. The van der Waals surface area contributed by atoms with Crippen LogP contribution in [-0.2, 0) is 9.53 Å². The average molecular weight is 380 g/mol. The number of piperazine rings is 1. The van der Waals surface area contributed by atoms with E-state index in [1.54, 1.807) is 22.0 Å². The first kappa shape index (κ1) is 18.3. The van der Waals surface area contributed by atoms with Crippen molar-refractivity contribution in [3.05, 3.63) is 24.0 Å². The van der Waals surface area contributed by atoms with Crippen LogP contribution in [0.3, 0.4) is 0 Å². The zero-order valence-corrected chi connectivity index (χ0v) is 15.3. The van der Waals surface area contributed by atoms with Crippen LogP contribution in [0, 0.1) is 5.82 Å². The molecule has 0 radical (unpaired) electrons. The third-order valence-corrected chi connectivity index (χ3v) is 4.33. The van der Waals surface area contributed by atoms with Crippen molar-refractivity contribution < 1.29 is 13.9 Å². The molecule has 0 saturated carbocycles. The predicted octanol–water partition coefficient (Wildman–Crippen LogP) is 1.23. The van der Waals surface area contributed by atoms with E-state index in [1.165, 1.54) is 6.07 Å². The molecule has 0 aromatic heterocycles. The van der Waals surface area contributed by atoms with Crippen LogP contribution in [0.25, 0.3) is 0 Å². The van der Waals surface area contributed by atoms with E-state index in [-0.39, 0.29) is 24.3 Å². The van der Waals surface area contributed by atoms with Crippen molar-refractivity contribution in [2.75, 3.05) is 49.2 Å². The lowest BCUT2D eigenvalue weighted by Crippen LogP contribution is -2.48. The lowest BCUT2D eigenvalue weighted by molar-refractivity contribution is -0.120. The molecule has 2 aliphatic rings. The van der Waals surface area contributed by atoms with Gasteiger partial charge < -0.3 is 20.3 Å². The Bertz CT molecular complexity index is 716. The summed E-state index contributed by atoms with van der Waals surface area (Å²) in [5.74, 6) is -0.486. The molecule has 1 aromatic rings. The molecule has 140 valence electrons. The molecule has 1 amide bonds. The molecule has 1 unspecified atom stereocenters. The van der Waals surface area contributed by atoms with Gasteiger partial charge in [0.1, 0.15) is 11.9 Å². The summed E-state index contributed by atoms with van der Waals surface area (Å²) < 4.78 is 19.7. The third kappa shape index (κ3) is 4.37. The van der Waals surface area contributed by atoms with Gasteiger partial charge in [-0.15, -0.1) is 0 Å². The van der Waals surface area contributed by atoms with Gasteiger partial charge >= 0.3 is 0 Å². The summed E-state index contributed by atoms with van der Waals surface area (Å²) in [6.07, 6.45) is 0. The van der Waals surface area contributed by atoms with Crippen molar-refractivity contribution in [1.29, 1.82) is 0 Å². The third-order valence-electron chi connectivity index (χ3n) is 4.07. The van der Waals surface area contributed by atoms with Crippen molar-refractivity contribution in [1.82, 2.24) is 10.6 Å². The van der Waals surface area contributed by atoms with E-state index in [2.05, 4.69) is 21.0 Å². The van der Waals surface area contributed by atoms with Gasteiger partial charge in [0, 0.05) is 25.7 Å². The van der Waals surface area contributed by atoms with Gasteiger partial charge in [0.25, 0.3) is 5.17 Å². The number of hydrogen-bond donors (Lipinski definition) is 2. The lowest BCUT2D eigenvalue weighted by atomic mass is 10.2. The molecule has 0 aliphatic carbocycles. The number of carbonyl (C=O) groups is 1. The monoisotopic (exact) mass is 380 g/mol. The fourth-order valence-corrected chi connectivity index (χ4v) is 3.01. The summed E-state index contributed by atoms with van der Waals surface area (Å²) in [5, 5.41) is 15.9. The molecular weight excluding hydrogens is 359 g/mol. The molecule has 3 rings (SSSR count). The first-order valence-electron chi connectivity index (χ1n) is 8.47. The van der Waals surface area contributed by atoms with Gasteiger partial charge in [-0.3, -0.25) is 4.79 Å². The smallest absolute Gasteiger partial charge is 0.256 e. The average Bonchev–Trinajstić information content (AvgIpc) is 3.09. The largest absolute Gasteiger partial charge is 0.471 e. The summed E-state index contributed by atoms with van der Waals surface area (Å²) in [6.45, 7) is 4.65. The first-order chi connectivity index (χ1) is 12.6. The minimum absolute atomic E-state index is 0.0954. The van der Waals surface area contributed by atoms with Gasteiger partial charge in [0.15, 0.2) is 0 Å². The van der Waals surface area contributed by atoms with Gasteiger partial charge in [-0.05, 0) is 31.3 Å². The van der Waals surface area contributed by atoms with Crippen LogP contribution in [-0.4, -0.2) is 56.5 Å². The number of hydrogen-bond acceptors (Lipinski definition) is 7. The van der Waals surface area contributed by atoms with Crippen LogP contribution in [0.2, 0.25) is 0 Å². The number of thiocarbonyl (C=S) groups is 1. The van der Waals surface area contributed by atoms with Crippen molar-refractivity contribution in [2.24, 2.45) is 10.3 Å². The summed E-state index contributed by atoms with van der Waals surface area (Å²) in [5.41, 5.74) is 1.03. The molecular formula is C16H21FN6O2S. The number of rotatable bonds is 5. The Morgan fingerprint density at radius 1 is 1.54 bits per heavy atom. The molecule has 10 heteroatoms. The number of benzene rings is 1. The Morgan fingerprint density at radius 3 is 3.12 bits per heavy atom. The molecule has 26 heavy (non-hydrogen) atoms. The maximum atomic E-state index is 14.5. The van der Waals surface area contributed by atoms with Crippen molar-refractivity contribution in [3.8, 4) is 0 Å². The fraction of sp³-hybridized carbons (Fsp3) is 0.500. The zero-order valence-electron chi connectivity index (χ0n) is 14.4. The molecule has 2 N–H and O–H groups in total. The topological polar surface area (TPSA) is 81.6 Å². The van der Waals surface area contributed by atoms with Crippen molar-refractivity contribution in [2.45, 2.75) is 13.0 Å². The van der Waals surface area contributed by atoms with E-state index in [0.29, 0.717) is 49.3 Å². The molecule has 1 saturated heterocycles. The minimum Gasteiger partial charge on any atom is -0.471 e. The number of carbonyl (C=O) groups excluding carboxylic acids is 1. The molecule has 2 aliphatic heterocycles. The van der Waals surface area contributed by atoms with Gasteiger partial charge in [0.05, 0.1) is 31.1 Å². The zero-order chi connectivity index (χ0) is 18.5. The van der Waals surface area contributed by atoms with Crippen LogP contribution in [0.4, 0.5) is 15.8 Å². The van der Waals surface area contributed by atoms with Crippen LogP contribution >= 0.6 is 12.2 Å². The second-order valence-corrected chi connectivity index (χ2v) is 6.32. The summed E-state index contributed by atoms with van der Waals surface area (Å²) in [7, 11) is 0. The van der Waals surface area contributed by atoms with E-state index in [4.69, 9.17) is 17.0 Å². The Balaban J connectivity index is 1.59. The van der Waals surface area contributed by atoms with Crippen LogP contribution in [0.15, 0.2) is 28.5 Å². The van der Waals surface area contributed by atoms with Gasteiger partial charge in [-0.25, -0.2) is 9.40 Å². The highest BCUT2D eigenvalue weighted by molar-refractivity contribution is 7.80. The molecule has 1 aromatic carbocycles. The standard InChI is InChI=1S/C16H21FN6O2S/c1-2-25-16(26)19-8-11-9-23(21-20-11)12-3-4-14(13(17)7-12)22-6-5-18-15(24)10-22/h3-4,7,11H,2,5-6,8-10H2,1H3,(H,18,24)(H,19,26). The highest BCUT2D eigenvalue weighted by Crippen LogP contribution is 2.27. The van der Waals surface area contributed by atoms with Crippen LogP contribution < -0.4 is 20.5 Å². The number of anilines is 2. The number of ether oxygens (including phenoxy) is 1. The van der Waals surface area contributed by atoms with Crippen LogP contribution in [0.1, 0.15) is 6.92 Å². The Kier molecular flexibility index (Phi) is 5.82. The normalized spacial score (nSPS) is 19.5. The Morgan fingerprint density at radius 2 is 2.38 bits per heavy atom. The molecule has 0 spiro atoms. The number of nitrogens with zero attached hydrogens (tertiary/aromatic N) is 4. The van der Waals surface area contributed by atoms with Crippen LogP contribution in [0.5, 0.6) is 0 Å². The SMILES string of the molecule is CCOC(=S)NCC1CN(c2ccc(N3CCNC(=O)C3)c(F)c2)N=N1. The quantitative estimate of drug-likeness (QED) is 0.748. The summed E-state index contributed by atoms with van der Waals surface area (Å²) in [6, 6.07) is 4.78. The van der Waals surface area contributed by atoms with Gasteiger partial charge in [-0.2, -0.15) is 5.11 Å². The minimum atomic E-state index is -0.383. The highest BCUT2D eigenvalue weighted by Gasteiger charge is 2.23. The summed E-state index contributed by atoms with van der Waals surface area (Å²) >= 11 is 5.01. The summed E-state index contributed by atoms with van der Waals surface area (Å²) in [4.78, 5) is 13.2. The number of nitrogens with one attached hydrogen (secondary N) is 2. The van der Waals surface area contributed by atoms with Crippen molar-refractivity contribution in [3.63, 3.8) is 0 Å². The maximum absolute atomic E-state index is 14.5. The molecule has 2 heterocycles. The Hall–Kier alpha value is -2.49. The number of halogens is 1. The molecule has 1 fully saturated rings. The number of amides is 1. The fourth-order valence-electron chi connectivity index (χ4n) is 2.81. The van der Waals surface area contributed by atoms with E-state index < -0.39 is 0 Å². The lowest BCUT2D eigenvalue weighted by Gasteiger charge is -2.29. The highest BCUT2D eigenvalue weighted by atomic mass is 32.1. The molecule has 1 atom stereocenters. The van der Waals surface area contributed by atoms with Gasteiger partial charge in [0.2, 0.25) is 5.91 Å². The molecule has 8 nitrogen and oxygen atoms in total. The van der Waals surface area contributed by atoms with E-state index in [0.717, 1.165) is 0 Å². The van der Waals surface area contributed by atoms with Crippen molar-refractivity contribution >= 4 is 34.7 Å². The van der Waals surface area contributed by atoms with E-state index >= 15 is 0 Å². The second-order valence-electron chi connectivity index (χ2n) is 5.95. The first-order valence-corrected chi connectivity index (χ1v) is 8.87. The van der Waals surface area contributed by atoms with E-state index in [9.17, 15) is 9.18 Å². The predicted molar refractivity (Wildman–Crippen MR) is 99.8 cm³/mol. The van der Waals surface area contributed by atoms with E-state index in [1.807, 2.05) is 6.92 Å². The Labute approximate surface area is 156 Å². The molecule has 0 bridgehead atoms. The second kappa shape index (κ2) is 8.26.